The minimum absolute atomic E-state index is 0.356. The molecule has 2 aromatic rings. The average Bonchev–Trinajstić information content (AvgIpc) is 2.46. The lowest BCUT2D eigenvalue weighted by Gasteiger charge is -2.19. The summed E-state index contributed by atoms with van der Waals surface area (Å²) in [7, 11) is 0. The lowest BCUT2D eigenvalue weighted by atomic mass is 10.0. The van der Waals surface area contributed by atoms with Crippen LogP contribution in [0.3, 0.4) is 0 Å². The second-order valence-electron chi connectivity index (χ2n) is 6.01. The van der Waals surface area contributed by atoms with Gasteiger partial charge in [-0.3, -0.25) is 0 Å². The molecule has 122 valence electrons. The molecule has 1 N–H and O–H groups in total. The van der Waals surface area contributed by atoms with E-state index in [2.05, 4.69) is 0 Å². The van der Waals surface area contributed by atoms with Gasteiger partial charge in [0.1, 0.15) is 11.3 Å². The maximum absolute atomic E-state index is 11.2. The summed E-state index contributed by atoms with van der Waals surface area (Å²) in [6.07, 6.45) is 6.00. The summed E-state index contributed by atoms with van der Waals surface area (Å²) in [5.74, 6) is 0.607. The lowest BCUT2D eigenvalue weighted by Crippen LogP contribution is -2.23. The van der Waals surface area contributed by atoms with Crippen LogP contribution >= 0.6 is 0 Å². The number of hydrogen-bond donors (Lipinski definition) is 1. The normalized spacial score (nSPS) is 13.9. The minimum Gasteiger partial charge on any atom is -0.493 e. The summed E-state index contributed by atoms with van der Waals surface area (Å²) in [4.78, 5) is 11.2. The van der Waals surface area contributed by atoms with Crippen LogP contribution in [0, 0.1) is 0 Å². The van der Waals surface area contributed by atoms with E-state index in [1.54, 1.807) is 25.1 Å². The lowest BCUT2D eigenvalue weighted by molar-refractivity contribution is 0.0833. The van der Waals surface area contributed by atoms with E-state index in [0.29, 0.717) is 24.4 Å². The molecular formula is C19H22O4. The molecular weight excluding hydrogens is 292 g/mol. The first-order chi connectivity index (χ1) is 10.9. The largest absolute Gasteiger partial charge is 0.493 e. The zero-order valence-electron chi connectivity index (χ0n) is 13.7. The average molecular weight is 314 g/mol. The number of hydrogen-bond acceptors (Lipinski definition) is 4. The van der Waals surface area contributed by atoms with Crippen molar-refractivity contribution in [1.82, 2.24) is 0 Å². The Labute approximate surface area is 135 Å². The van der Waals surface area contributed by atoms with Crippen molar-refractivity contribution in [1.29, 1.82) is 0 Å². The summed E-state index contributed by atoms with van der Waals surface area (Å²) >= 11 is 0. The molecule has 0 bridgehead atoms. The molecule has 0 aliphatic carbocycles. The highest BCUT2D eigenvalue weighted by Crippen LogP contribution is 2.20. The van der Waals surface area contributed by atoms with Gasteiger partial charge in [0.05, 0.1) is 12.2 Å². The summed E-state index contributed by atoms with van der Waals surface area (Å²) in [5.41, 5.74) is 0.341. The van der Waals surface area contributed by atoms with E-state index in [-0.39, 0.29) is 5.63 Å². The number of ether oxygens (including phenoxy) is 1. The second-order valence-corrected chi connectivity index (χ2v) is 6.01. The van der Waals surface area contributed by atoms with E-state index in [0.717, 1.165) is 5.39 Å². The predicted octanol–water partition coefficient (Wildman–Crippen LogP) is 3.84. The number of benzene rings is 1. The molecule has 23 heavy (non-hydrogen) atoms. The van der Waals surface area contributed by atoms with E-state index in [4.69, 9.17) is 9.15 Å². The summed E-state index contributed by atoms with van der Waals surface area (Å²) in [5, 5.41) is 11.1. The van der Waals surface area contributed by atoms with Crippen LogP contribution in [0.1, 0.15) is 27.2 Å². The molecule has 0 fully saturated rings. The molecule has 4 nitrogen and oxygen atoms in total. The van der Waals surface area contributed by atoms with E-state index in [1.165, 1.54) is 11.6 Å². The fourth-order valence-electron chi connectivity index (χ4n) is 2.04. The van der Waals surface area contributed by atoms with Gasteiger partial charge in [0.15, 0.2) is 0 Å². The van der Waals surface area contributed by atoms with Crippen molar-refractivity contribution in [3.63, 3.8) is 0 Å². The maximum Gasteiger partial charge on any atom is 0.336 e. The van der Waals surface area contributed by atoms with Crippen molar-refractivity contribution in [2.45, 2.75) is 32.8 Å². The maximum atomic E-state index is 11.2. The molecule has 4 heteroatoms. The smallest absolute Gasteiger partial charge is 0.336 e. The van der Waals surface area contributed by atoms with Gasteiger partial charge in [0.25, 0.3) is 0 Å². The summed E-state index contributed by atoms with van der Waals surface area (Å²) < 4.78 is 10.8. The Balaban J connectivity index is 1.97. The van der Waals surface area contributed by atoms with E-state index in [9.17, 15) is 9.90 Å². The van der Waals surface area contributed by atoms with Crippen LogP contribution < -0.4 is 10.4 Å². The standard InChI is InChI=1S/C19H22O4/c1-14(2)5-4-10-19(3,21)11-12-22-16-8-6-15-7-9-18(20)23-17(15)13-16/h4-10,13,21H,11-12H2,1-3H3/b10-4+/t19-/m0/s1. The molecule has 0 aliphatic rings. The van der Waals surface area contributed by atoms with Gasteiger partial charge in [-0.15, -0.1) is 0 Å². The predicted molar refractivity (Wildman–Crippen MR) is 91.8 cm³/mol. The Bertz CT molecular complexity index is 777. The number of rotatable bonds is 6. The van der Waals surface area contributed by atoms with Gasteiger partial charge < -0.3 is 14.3 Å². The third kappa shape index (κ3) is 5.42. The molecule has 1 atom stereocenters. The van der Waals surface area contributed by atoms with E-state index < -0.39 is 5.60 Å². The second kappa shape index (κ2) is 7.29. The number of allylic oxidation sites excluding steroid dienone is 3. The van der Waals surface area contributed by atoms with Crippen molar-refractivity contribution < 1.29 is 14.3 Å². The van der Waals surface area contributed by atoms with Crippen molar-refractivity contribution in [3.05, 3.63) is 64.6 Å². The highest BCUT2D eigenvalue weighted by atomic mass is 16.5. The molecule has 0 unspecified atom stereocenters. The van der Waals surface area contributed by atoms with Crippen LogP contribution in [0.4, 0.5) is 0 Å². The Hall–Kier alpha value is -2.33. The Morgan fingerprint density at radius 1 is 1.30 bits per heavy atom. The minimum atomic E-state index is -0.935. The Morgan fingerprint density at radius 3 is 2.78 bits per heavy atom. The summed E-state index contributed by atoms with van der Waals surface area (Å²) in [6.45, 7) is 6.10. The number of aliphatic hydroxyl groups is 1. The van der Waals surface area contributed by atoms with Crippen molar-refractivity contribution in [2.24, 2.45) is 0 Å². The molecule has 1 aromatic heterocycles. The molecule has 1 aromatic carbocycles. The van der Waals surface area contributed by atoms with Crippen LogP contribution in [0.2, 0.25) is 0 Å². The molecule has 0 amide bonds. The molecule has 0 saturated carbocycles. The molecule has 1 heterocycles. The third-order valence-corrected chi connectivity index (χ3v) is 3.36. The Morgan fingerprint density at radius 2 is 2.04 bits per heavy atom. The van der Waals surface area contributed by atoms with Gasteiger partial charge in [-0.05, 0) is 39.0 Å². The fourth-order valence-corrected chi connectivity index (χ4v) is 2.04. The third-order valence-electron chi connectivity index (χ3n) is 3.36. The summed E-state index contributed by atoms with van der Waals surface area (Å²) in [6, 6.07) is 8.43. The molecule has 0 aliphatic heterocycles. The van der Waals surface area contributed by atoms with Gasteiger partial charge in [-0.1, -0.05) is 23.8 Å². The quantitative estimate of drug-likeness (QED) is 0.650. The van der Waals surface area contributed by atoms with Crippen molar-refractivity contribution in [2.75, 3.05) is 6.61 Å². The van der Waals surface area contributed by atoms with Gasteiger partial charge in [-0.25, -0.2) is 4.79 Å². The van der Waals surface area contributed by atoms with Gasteiger partial charge in [0, 0.05) is 23.9 Å². The first-order valence-electron chi connectivity index (χ1n) is 7.58. The SMILES string of the molecule is CC(C)=C/C=C/[C@](C)(O)CCOc1ccc2ccc(=O)oc2c1. The molecule has 0 saturated heterocycles. The van der Waals surface area contributed by atoms with Gasteiger partial charge in [-0.2, -0.15) is 0 Å². The zero-order chi connectivity index (χ0) is 16.9. The number of fused-ring (bicyclic) bond motifs is 1. The fraction of sp³-hybridized carbons (Fsp3) is 0.316. The Kier molecular flexibility index (Phi) is 5.40. The van der Waals surface area contributed by atoms with E-state index >= 15 is 0 Å². The molecule has 0 radical (unpaired) electrons. The first-order valence-corrected chi connectivity index (χ1v) is 7.58. The van der Waals surface area contributed by atoms with Gasteiger partial charge in [0.2, 0.25) is 0 Å². The van der Waals surface area contributed by atoms with Crippen LogP contribution in [0.5, 0.6) is 5.75 Å². The van der Waals surface area contributed by atoms with E-state index in [1.807, 2.05) is 38.1 Å². The highest BCUT2D eigenvalue weighted by molar-refractivity contribution is 5.77. The molecule has 2 rings (SSSR count). The van der Waals surface area contributed by atoms with Crippen molar-refractivity contribution >= 4 is 11.0 Å². The highest BCUT2D eigenvalue weighted by Gasteiger charge is 2.15. The van der Waals surface area contributed by atoms with Crippen LogP contribution in [0.15, 0.2) is 63.3 Å². The zero-order valence-corrected chi connectivity index (χ0v) is 13.7. The first kappa shape index (κ1) is 17.0. The monoisotopic (exact) mass is 314 g/mol. The van der Waals surface area contributed by atoms with Gasteiger partial charge >= 0.3 is 5.63 Å². The van der Waals surface area contributed by atoms with Crippen LogP contribution in [-0.4, -0.2) is 17.3 Å². The molecule has 0 spiro atoms. The van der Waals surface area contributed by atoms with Crippen LogP contribution in [-0.2, 0) is 0 Å². The van der Waals surface area contributed by atoms with Crippen LogP contribution in [0.25, 0.3) is 11.0 Å². The van der Waals surface area contributed by atoms with Crippen molar-refractivity contribution in [3.8, 4) is 5.75 Å². The topological polar surface area (TPSA) is 59.7 Å².